The van der Waals surface area contributed by atoms with E-state index in [2.05, 4.69) is 48.5 Å². The van der Waals surface area contributed by atoms with Crippen LogP contribution in [0.2, 0.25) is 0 Å². The standard InChI is InChI=1S/C15H19N3/c1-10-4-5-11(2)13(8-10)14-9-15(17-18(14)3)16-12-6-7-12/h4-5,8-9,12H,6-7H2,1-3H3,(H,16,17). The van der Waals surface area contributed by atoms with E-state index in [1.807, 2.05) is 11.7 Å². The molecule has 1 saturated carbocycles. The summed E-state index contributed by atoms with van der Waals surface area (Å²) in [5.74, 6) is 0.996. The summed E-state index contributed by atoms with van der Waals surface area (Å²) < 4.78 is 1.96. The summed E-state index contributed by atoms with van der Waals surface area (Å²) >= 11 is 0. The van der Waals surface area contributed by atoms with Crippen molar-refractivity contribution in [2.24, 2.45) is 7.05 Å². The molecule has 0 atom stereocenters. The van der Waals surface area contributed by atoms with Gasteiger partial charge in [0.15, 0.2) is 0 Å². The Morgan fingerprint density at radius 3 is 2.72 bits per heavy atom. The quantitative estimate of drug-likeness (QED) is 0.893. The van der Waals surface area contributed by atoms with E-state index in [0.717, 1.165) is 5.82 Å². The Labute approximate surface area is 108 Å². The largest absolute Gasteiger partial charge is 0.366 e. The van der Waals surface area contributed by atoms with Gasteiger partial charge in [0.2, 0.25) is 0 Å². The second-order valence-electron chi connectivity index (χ2n) is 5.28. The summed E-state index contributed by atoms with van der Waals surface area (Å²) in [6.07, 6.45) is 2.55. The molecule has 3 nitrogen and oxygen atoms in total. The predicted octanol–water partition coefficient (Wildman–Crippen LogP) is 3.28. The lowest BCUT2D eigenvalue weighted by atomic mass is 10.0. The number of hydrogen-bond donors (Lipinski definition) is 1. The number of nitrogens with one attached hydrogen (secondary N) is 1. The summed E-state index contributed by atoms with van der Waals surface area (Å²) in [6, 6.07) is 9.35. The average Bonchev–Trinajstić information content (AvgIpc) is 3.06. The van der Waals surface area contributed by atoms with E-state index in [4.69, 9.17) is 0 Å². The normalized spacial score (nSPS) is 14.8. The molecule has 94 valence electrons. The van der Waals surface area contributed by atoms with Crippen LogP contribution in [0.1, 0.15) is 24.0 Å². The van der Waals surface area contributed by atoms with Crippen molar-refractivity contribution < 1.29 is 0 Å². The molecule has 0 aliphatic heterocycles. The van der Waals surface area contributed by atoms with E-state index < -0.39 is 0 Å². The second-order valence-corrected chi connectivity index (χ2v) is 5.28. The summed E-state index contributed by atoms with van der Waals surface area (Å²) in [5, 5.41) is 7.99. The SMILES string of the molecule is Cc1ccc(C)c(-c2cc(NC3CC3)nn2C)c1. The number of anilines is 1. The molecular formula is C15H19N3. The zero-order chi connectivity index (χ0) is 12.7. The monoisotopic (exact) mass is 241 g/mol. The molecule has 1 fully saturated rings. The van der Waals surface area contributed by atoms with Gasteiger partial charge in [-0.1, -0.05) is 17.7 Å². The molecule has 0 saturated heterocycles. The fourth-order valence-electron chi connectivity index (χ4n) is 2.24. The lowest BCUT2D eigenvalue weighted by Gasteiger charge is -2.06. The molecule has 0 bridgehead atoms. The highest BCUT2D eigenvalue weighted by atomic mass is 15.3. The van der Waals surface area contributed by atoms with Crippen molar-refractivity contribution in [3.05, 3.63) is 35.4 Å². The fraction of sp³-hybridized carbons (Fsp3) is 0.400. The van der Waals surface area contributed by atoms with Gasteiger partial charge in [-0.15, -0.1) is 0 Å². The van der Waals surface area contributed by atoms with Crippen LogP contribution >= 0.6 is 0 Å². The minimum Gasteiger partial charge on any atom is -0.366 e. The van der Waals surface area contributed by atoms with E-state index in [9.17, 15) is 0 Å². The molecule has 1 heterocycles. The number of aryl methyl sites for hydroxylation is 3. The molecule has 18 heavy (non-hydrogen) atoms. The predicted molar refractivity (Wildman–Crippen MR) is 74.8 cm³/mol. The number of hydrogen-bond acceptors (Lipinski definition) is 2. The summed E-state index contributed by atoms with van der Waals surface area (Å²) in [5.41, 5.74) is 5.03. The van der Waals surface area contributed by atoms with Gasteiger partial charge in [-0.25, -0.2) is 0 Å². The Kier molecular flexibility index (Phi) is 2.62. The van der Waals surface area contributed by atoms with Crippen molar-refractivity contribution in [2.75, 3.05) is 5.32 Å². The van der Waals surface area contributed by atoms with Crippen LogP contribution in [0.15, 0.2) is 24.3 Å². The van der Waals surface area contributed by atoms with Crippen LogP contribution in [0.3, 0.4) is 0 Å². The first-order valence-corrected chi connectivity index (χ1v) is 6.51. The lowest BCUT2D eigenvalue weighted by Crippen LogP contribution is -2.02. The van der Waals surface area contributed by atoms with Gasteiger partial charge in [-0.2, -0.15) is 5.10 Å². The van der Waals surface area contributed by atoms with Gasteiger partial charge in [-0.3, -0.25) is 4.68 Å². The maximum Gasteiger partial charge on any atom is 0.148 e. The number of nitrogens with zero attached hydrogens (tertiary/aromatic N) is 2. The minimum atomic E-state index is 0.645. The fourth-order valence-corrected chi connectivity index (χ4v) is 2.24. The van der Waals surface area contributed by atoms with Crippen molar-refractivity contribution in [2.45, 2.75) is 32.7 Å². The number of rotatable bonds is 3. The molecule has 0 unspecified atom stereocenters. The molecule has 0 amide bonds. The summed E-state index contributed by atoms with van der Waals surface area (Å²) in [6.45, 7) is 4.28. The van der Waals surface area contributed by atoms with Gasteiger partial charge in [0.05, 0.1) is 5.69 Å². The summed E-state index contributed by atoms with van der Waals surface area (Å²) in [7, 11) is 2.01. The molecule has 2 aromatic rings. The van der Waals surface area contributed by atoms with E-state index in [-0.39, 0.29) is 0 Å². The molecule has 1 aromatic carbocycles. The highest BCUT2D eigenvalue weighted by Crippen LogP contribution is 2.29. The number of benzene rings is 1. The van der Waals surface area contributed by atoms with Crippen LogP contribution < -0.4 is 5.32 Å². The van der Waals surface area contributed by atoms with Crippen LogP contribution in [0.25, 0.3) is 11.3 Å². The van der Waals surface area contributed by atoms with Crippen molar-refractivity contribution in [3.8, 4) is 11.3 Å². The maximum absolute atomic E-state index is 4.54. The third kappa shape index (κ3) is 2.13. The number of aromatic nitrogens is 2. The molecule has 1 aliphatic carbocycles. The van der Waals surface area contributed by atoms with Gasteiger partial charge in [0.1, 0.15) is 5.82 Å². The molecule has 3 heteroatoms. The molecule has 0 radical (unpaired) electrons. The Bertz CT molecular complexity index is 579. The van der Waals surface area contributed by atoms with Crippen molar-refractivity contribution in [1.82, 2.24) is 9.78 Å². The Hall–Kier alpha value is -1.77. The zero-order valence-corrected chi connectivity index (χ0v) is 11.2. The molecule has 0 spiro atoms. The van der Waals surface area contributed by atoms with Crippen LogP contribution in [-0.4, -0.2) is 15.8 Å². The van der Waals surface area contributed by atoms with E-state index in [1.165, 1.54) is 35.2 Å². The smallest absolute Gasteiger partial charge is 0.148 e. The Morgan fingerprint density at radius 2 is 2.00 bits per heavy atom. The van der Waals surface area contributed by atoms with Crippen LogP contribution in [0.4, 0.5) is 5.82 Å². The second kappa shape index (κ2) is 4.16. The molecule has 3 rings (SSSR count). The third-order valence-electron chi connectivity index (χ3n) is 3.48. The third-order valence-corrected chi connectivity index (χ3v) is 3.48. The van der Waals surface area contributed by atoms with Crippen LogP contribution in [0.5, 0.6) is 0 Å². The van der Waals surface area contributed by atoms with Gasteiger partial charge in [-0.05, 0) is 38.3 Å². The first kappa shape index (κ1) is 11.3. The molecular weight excluding hydrogens is 222 g/mol. The van der Waals surface area contributed by atoms with Crippen molar-refractivity contribution in [1.29, 1.82) is 0 Å². The Balaban J connectivity index is 1.99. The van der Waals surface area contributed by atoms with E-state index in [1.54, 1.807) is 0 Å². The van der Waals surface area contributed by atoms with Gasteiger partial charge in [0.25, 0.3) is 0 Å². The molecule has 1 aromatic heterocycles. The van der Waals surface area contributed by atoms with E-state index in [0.29, 0.717) is 6.04 Å². The van der Waals surface area contributed by atoms with Crippen molar-refractivity contribution >= 4 is 5.82 Å². The van der Waals surface area contributed by atoms with Crippen LogP contribution in [0, 0.1) is 13.8 Å². The van der Waals surface area contributed by atoms with Crippen molar-refractivity contribution in [3.63, 3.8) is 0 Å². The van der Waals surface area contributed by atoms with Gasteiger partial charge < -0.3 is 5.32 Å². The highest BCUT2D eigenvalue weighted by molar-refractivity contribution is 5.67. The lowest BCUT2D eigenvalue weighted by molar-refractivity contribution is 0.775. The average molecular weight is 241 g/mol. The van der Waals surface area contributed by atoms with Gasteiger partial charge >= 0.3 is 0 Å². The topological polar surface area (TPSA) is 29.9 Å². The van der Waals surface area contributed by atoms with Gasteiger partial charge in [0, 0.05) is 24.7 Å². The Morgan fingerprint density at radius 1 is 1.22 bits per heavy atom. The maximum atomic E-state index is 4.54. The first-order chi connectivity index (χ1) is 8.63. The molecule has 1 N–H and O–H groups in total. The minimum absolute atomic E-state index is 0.645. The van der Waals surface area contributed by atoms with E-state index >= 15 is 0 Å². The zero-order valence-electron chi connectivity index (χ0n) is 11.2. The molecule has 1 aliphatic rings. The van der Waals surface area contributed by atoms with Crippen LogP contribution in [-0.2, 0) is 7.05 Å². The summed E-state index contributed by atoms with van der Waals surface area (Å²) in [4.78, 5) is 0. The highest BCUT2D eigenvalue weighted by Gasteiger charge is 2.22. The first-order valence-electron chi connectivity index (χ1n) is 6.51.